The lowest BCUT2D eigenvalue weighted by atomic mass is 10.2. The van der Waals surface area contributed by atoms with Crippen molar-refractivity contribution in [3.05, 3.63) is 54.1 Å². The van der Waals surface area contributed by atoms with Crippen LogP contribution in [-0.2, 0) is 13.1 Å². The Morgan fingerprint density at radius 3 is 2.35 bits per heavy atom. The van der Waals surface area contributed by atoms with Gasteiger partial charge in [-0.15, -0.1) is 0 Å². The Labute approximate surface area is 119 Å². The maximum absolute atomic E-state index is 4.01. The second kappa shape index (κ2) is 6.48. The Morgan fingerprint density at radius 2 is 1.65 bits per heavy atom. The van der Waals surface area contributed by atoms with E-state index in [2.05, 4.69) is 44.5 Å². The van der Waals surface area contributed by atoms with Crippen LogP contribution in [0.3, 0.4) is 0 Å². The second-order valence-corrected chi connectivity index (χ2v) is 5.28. The Hall–Kier alpha value is -1.94. The molecular weight excluding hydrogens is 248 g/mol. The summed E-state index contributed by atoms with van der Waals surface area (Å²) in [5.41, 5.74) is 3.62. The monoisotopic (exact) mass is 268 g/mol. The third-order valence-electron chi connectivity index (χ3n) is 3.67. The molecule has 4 nitrogen and oxygen atoms in total. The lowest BCUT2D eigenvalue weighted by molar-refractivity contribution is 0.331. The normalized spacial score (nSPS) is 15.4. The Kier molecular flexibility index (Phi) is 4.23. The fourth-order valence-electron chi connectivity index (χ4n) is 2.55. The molecule has 1 aliphatic heterocycles. The van der Waals surface area contributed by atoms with Gasteiger partial charge in [0.25, 0.3) is 0 Å². The molecule has 0 atom stereocenters. The molecule has 2 aromatic rings. The van der Waals surface area contributed by atoms with E-state index in [4.69, 9.17) is 0 Å². The molecule has 0 radical (unpaired) electrons. The highest BCUT2D eigenvalue weighted by molar-refractivity contribution is 5.44. The summed E-state index contributed by atoms with van der Waals surface area (Å²) >= 11 is 0. The number of aromatic nitrogens is 2. The first-order valence-corrected chi connectivity index (χ1v) is 7.19. The summed E-state index contributed by atoms with van der Waals surface area (Å²) in [6.45, 7) is 4.32. The Morgan fingerprint density at radius 1 is 0.950 bits per heavy atom. The van der Waals surface area contributed by atoms with Gasteiger partial charge in [-0.2, -0.15) is 0 Å². The Balaban J connectivity index is 1.53. The van der Waals surface area contributed by atoms with Crippen molar-refractivity contribution >= 4 is 5.69 Å². The van der Waals surface area contributed by atoms with Crippen LogP contribution in [0, 0.1) is 0 Å². The Bertz CT molecular complexity index is 518. The van der Waals surface area contributed by atoms with Gasteiger partial charge < -0.3 is 5.32 Å². The molecule has 0 amide bonds. The lowest BCUT2D eigenvalue weighted by Gasteiger charge is -2.15. The van der Waals surface area contributed by atoms with E-state index < -0.39 is 0 Å². The van der Waals surface area contributed by atoms with Crippen LogP contribution in [0.5, 0.6) is 0 Å². The summed E-state index contributed by atoms with van der Waals surface area (Å²) < 4.78 is 0. The lowest BCUT2D eigenvalue weighted by Crippen LogP contribution is -2.18. The average Bonchev–Trinajstić information content (AvgIpc) is 3.01. The van der Waals surface area contributed by atoms with Gasteiger partial charge in [0, 0.05) is 36.7 Å². The number of nitrogens with one attached hydrogen (secondary N) is 1. The molecule has 3 rings (SSSR count). The molecule has 1 N–H and O–H groups in total. The van der Waals surface area contributed by atoms with Crippen LogP contribution >= 0.6 is 0 Å². The van der Waals surface area contributed by atoms with Gasteiger partial charge in [0.2, 0.25) is 0 Å². The van der Waals surface area contributed by atoms with E-state index in [1.165, 1.54) is 31.5 Å². The highest BCUT2D eigenvalue weighted by atomic mass is 15.1. The van der Waals surface area contributed by atoms with E-state index in [1.54, 1.807) is 6.33 Å². The topological polar surface area (TPSA) is 41.1 Å². The molecule has 0 unspecified atom stereocenters. The van der Waals surface area contributed by atoms with Gasteiger partial charge in [0.1, 0.15) is 6.33 Å². The minimum absolute atomic E-state index is 0.756. The van der Waals surface area contributed by atoms with Gasteiger partial charge >= 0.3 is 0 Å². The van der Waals surface area contributed by atoms with E-state index in [1.807, 2.05) is 12.4 Å². The minimum atomic E-state index is 0.756. The fourth-order valence-corrected chi connectivity index (χ4v) is 2.55. The van der Waals surface area contributed by atoms with Gasteiger partial charge in [0.05, 0.1) is 0 Å². The van der Waals surface area contributed by atoms with Crippen molar-refractivity contribution < 1.29 is 0 Å². The summed E-state index contributed by atoms with van der Waals surface area (Å²) in [7, 11) is 0. The zero-order valence-electron chi connectivity index (χ0n) is 11.6. The van der Waals surface area contributed by atoms with E-state index in [9.17, 15) is 0 Å². The number of likely N-dealkylation sites (tertiary alicyclic amines) is 1. The highest BCUT2D eigenvalue weighted by Crippen LogP contribution is 2.15. The van der Waals surface area contributed by atoms with Crippen LogP contribution in [-0.4, -0.2) is 28.0 Å². The van der Waals surface area contributed by atoms with Gasteiger partial charge in [-0.1, -0.05) is 12.1 Å². The maximum Gasteiger partial charge on any atom is 0.115 e. The van der Waals surface area contributed by atoms with Crippen LogP contribution in [0.25, 0.3) is 0 Å². The number of rotatable bonds is 5. The predicted octanol–water partition coefficient (Wildman–Crippen LogP) is 2.68. The molecular formula is C16H20N4. The molecule has 0 aliphatic carbocycles. The summed E-state index contributed by atoms with van der Waals surface area (Å²) in [4.78, 5) is 10.5. The number of anilines is 1. The third-order valence-corrected chi connectivity index (χ3v) is 3.67. The van der Waals surface area contributed by atoms with Gasteiger partial charge in [-0.05, 0) is 43.6 Å². The first-order valence-electron chi connectivity index (χ1n) is 7.19. The van der Waals surface area contributed by atoms with Crippen LogP contribution in [0.1, 0.15) is 24.0 Å². The molecule has 104 valence electrons. The smallest absolute Gasteiger partial charge is 0.115 e. The zero-order chi connectivity index (χ0) is 13.6. The largest absolute Gasteiger partial charge is 0.381 e. The number of benzene rings is 1. The fraction of sp³-hybridized carbons (Fsp3) is 0.375. The molecule has 1 aromatic carbocycles. The first kappa shape index (κ1) is 13.1. The van der Waals surface area contributed by atoms with Crippen molar-refractivity contribution in [3.63, 3.8) is 0 Å². The summed E-state index contributed by atoms with van der Waals surface area (Å²) in [6.07, 6.45) is 7.91. The molecule has 20 heavy (non-hydrogen) atoms. The van der Waals surface area contributed by atoms with Gasteiger partial charge in [0.15, 0.2) is 0 Å². The van der Waals surface area contributed by atoms with Crippen LogP contribution < -0.4 is 5.32 Å². The molecule has 0 spiro atoms. The third kappa shape index (κ3) is 3.54. The van der Waals surface area contributed by atoms with Crippen molar-refractivity contribution in [1.29, 1.82) is 0 Å². The SMILES string of the molecule is c1ncc(CNc2ccc(CN3CCCC3)cc2)cn1. The van der Waals surface area contributed by atoms with Crippen molar-refractivity contribution in [3.8, 4) is 0 Å². The molecule has 1 saturated heterocycles. The second-order valence-electron chi connectivity index (χ2n) is 5.28. The summed E-state index contributed by atoms with van der Waals surface area (Å²) in [5, 5.41) is 3.39. The summed E-state index contributed by atoms with van der Waals surface area (Å²) in [6, 6.07) is 8.72. The average molecular weight is 268 g/mol. The number of nitrogens with zero attached hydrogens (tertiary/aromatic N) is 3. The van der Waals surface area contributed by atoms with Crippen LogP contribution in [0.15, 0.2) is 43.0 Å². The molecule has 0 saturated carbocycles. The zero-order valence-corrected chi connectivity index (χ0v) is 11.6. The van der Waals surface area contributed by atoms with E-state index in [0.717, 1.165) is 24.3 Å². The molecule has 1 aromatic heterocycles. The maximum atomic E-state index is 4.01. The molecule has 4 heteroatoms. The van der Waals surface area contributed by atoms with Crippen LogP contribution in [0.4, 0.5) is 5.69 Å². The summed E-state index contributed by atoms with van der Waals surface area (Å²) in [5.74, 6) is 0. The van der Waals surface area contributed by atoms with Crippen molar-refractivity contribution in [1.82, 2.24) is 14.9 Å². The quantitative estimate of drug-likeness (QED) is 0.905. The van der Waals surface area contributed by atoms with Crippen LogP contribution in [0.2, 0.25) is 0 Å². The standard InChI is InChI=1S/C16H20N4/c1-2-8-20(7-1)12-14-3-5-16(6-4-14)19-11-15-9-17-13-18-10-15/h3-6,9-10,13,19H,1-2,7-8,11-12H2. The molecule has 0 bridgehead atoms. The highest BCUT2D eigenvalue weighted by Gasteiger charge is 2.11. The van der Waals surface area contributed by atoms with E-state index >= 15 is 0 Å². The van der Waals surface area contributed by atoms with Gasteiger partial charge in [-0.25, -0.2) is 9.97 Å². The van der Waals surface area contributed by atoms with Crippen molar-refractivity contribution in [2.75, 3.05) is 18.4 Å². The van der Waals surface area contributed by atoms with Crippen molar-refractivity contribution in [2.45, 2.75) is 25.9 Å². The van der Waals surface area contributed by atoms with E-state index in [-0.39, 0.29) is 0 Å². The molecule has 1 fully saturated rings. The number of hydrogen-bond donors (Lipinski definition) is 1. The van der Waals surface area contributed by atoms with E-state index in [0.29, 0.717) is 0 Å². The van der Waals surface area contributed by atoms with Gasteiger partial charge in [-0.3, -0.25) is 4.90 Å². The predicted molar refractivity (Wildman–Crippen MR) is 80.3 cm³/mol. The molecule has 1 aliphatic rings. The molecule has 2 heterocycles. The first-order chi connectivity index (χ1) is 9.90. The number of hydrogen-bond acceptors (Lipinski definition) is 4. The minimum Gasteiger partial charge on any atom is -0.381 e. The van der Waals surface area contributed by atoms with Crippen molar-refractivity contribution in [2.24, 2.45) is 0 Å².